The zero-order chi connectivity index (χ0) is 17.1. The highest BCUT2D eigenvalue weighted by Crippen LogP contribution is 2.09. The molecule has 0 aliphatic carbocycles. The first-order valence-corrected chi connectivity index (χ1v) is 7.60. The van der Waals surface area contributed by atoms with Crippen molar-refractivity contribution in [3.63, 3.8) is 0 Å². The second-order valence-electron chi connectivity index (χ2n) is 5.28. The smallest absolute Gasteiger partial charge is 0.320 e. The Kier molecular flexibility index (Phi) is 8.57. The van der Waals surface area contributed by atoms with Gasteiger partial charge in [0, 0.05) is 32.0 Å². The van der Waals surface area contributed by atoms with E-state index in [1.807, 2.05) is 37.3 Å². The predicted molar refractivity (Wildman–Crippen MR) is 92.8 cm³/mol. The molecule has 0 aliphatic rings. The minimum absolute atomic E-state index is 0.400. The quantitative estimate of drug-likeness (QED) is 0.648. The molecule has 0 bridgehead atoms. The largest absolute Gasteiger partial charge is 0.480 e. The highest BCUT2D eigenvalue weighted by atomic mass is 16.4. The van der Waals surface area contributed by atoms with E-state index in [2.05, 4.69) is 16.5 Å². The lowest BCUT2D eigenvalue weighted by molar-refractivity contribution is -0.138. The van der Waals surface area contributed by atoms with Gasteiger partial charge < -0.3 is 10.8 Å². The van der Waals surface area contributed by atoms with E-state index in [-0.39, 0.29) is 0 Å². The lowest BCUT2D eigenvalue weighted by Crippen LogP contribution is -2.36. The van der Waals surface area contributed by atoms with Gasteiger partial charge in [0.1, 0.15) is 6.04 Å². The summed E-state index contributed by atoms with van der Waals surface area (Å²) in [5.74, 6) is -0.968. The zero-order valence-electron chi connectivity index (χ0n) is 13.6. The van der Waals surface area contributed by atoms with Crippen LogP contribution in [-0.4, -0.2) is 40.1 Å². The van der Waals surface area contributed by atoms with Crippen molar-refractivity contribution in [1.29, 1.82) is 0 Å². The van der Waals surface area contributed by atoms with Crippen molar-refractivity contribution in [1.82, 2.24) is 9.88 Å². The van der Waals surface area contributed by atoms with Crippen LogP contribution in [0.15, 0.2) is 61.0 Å². The molecule has 23 heavy (non-hydrogen) atoms. The Morgan fingerprint density at radius 2 is 2.17 bits per heavy atom. The molecule has 0 spiro atoms. The van der Waals surface area contributed by atoms with Crippen LogP contribution in [0.3, 0.4) is 0 Å². The van der Waals surface area contributed by atoms with Gasteiger partial charge in [-0.05, 0) is 36.6 Å². The molecule has 0 saturated heterocycles. The lowest BCUT2D eigenvalue weighted by atomic mass is 10.1. The number of carbonyl (C=O) groups is 1. The van der Waals surface area contributed by atoms with Gasteiger partial charge in [0.2, 0.25) is 0 Å². The highest BCUT2D eigenvalue weighted by Gasteiger charge is 2.14. The maximum Gasteiger partial charge on any atom is 0.320 e. The van der Waals surface area contributed by atoms with Crippen molar-refractivity contribution < 1.29 is 9.90 Å². The number of aliphatic carboxylic acids is 1. The molecule has 0 aliphatic heterocycles. The summed E-state index contributed by atoms with van der Waals surface area (Å²) in [7, 11) is 0. The Hall–Kier alpha value is -2.24. The molecule has 0 fully saturated rings. The first kappa shape index (κ1) is 18.8. The number of carboxylic acid groups (broad SMARTS) is 1. The molecule has 5 heteroatoms. The van der Waals surface area contributed by atoms with E-state index in [0.29, 0.717) is 26.1 Å². The number of nitrogens with two attached hydrogens (primary N) is 1. The fourth-order valence-electron chi connectivity index (χ4n) is 2.19. The standard InChI is InChI=1S/C18H25N3O2/c1-3-5-15(6-4-2)13-21(12-9-17(19)18(22)23)14-16-7-10-20-11-8-16/h3-8,10-11,17H,1,9,12-14,19H2,2H3,(H,22,23)/b6-4-,15-5+. The van der Waals surface area contributed by atoms with E-state index in [0.717, 1.165) is 11.1 Å². The van der Waals surface area contributed by atoms with E-state index in [9.17, 15) is 4.79 Å². The van der Waals surface area contributed by atoms with Crippen LogP contribution in [0.4, 0.5) is 0 Å². The van der Waals surface area contributed by atoms with Crippen molar-refractivity contribution in [2.75, 3.05) is 13.1 Å². The van der Waals surface area contributed by atoms with Crippen molar-refractivity contribution >= 4 is 5.97 Å². The predicted octanol–water partition coefficient (Wildman–Crippen LogP) is 2.37. The average Bonchev–Trinajstić information content (AvgIpc) is 2.53. The third kappa shape index (κ3) is 7.54. The Morgan fingerprint density at radius 1 is 1.48 bits per heavy atom. The molecule has 0 saturated carbocycles. The van der Waals surface area contributed by atoms with Gasteiger partial charge in [0.05, 0.1) is 0 Å². The third-order valence-electron chi connectivity index (χ3n) is 3.35. The molecule has 124 valence electrons. The maximum absolute atomic E-state index is 10.9. The summed E-state index contributed by atoms with van der Waals surface area (Å²) in [6, 6.07) is 3.07. The van der Waals surface area contributed by atoms with Gasteiger partial charge in [-0.3, -0.25) is 14.7 Å². The van der Waals surface area contributed by atoms with Gasteiger partial charge in [-0.15, -0.1) is 0 Å². The van der Waals surface area contributed by atoms with Crippen molar-refractivity contribution in [2.24, 2.45) is 5.73 Å². The van der Waals surface area contributed by atoms with Crippen LogP contribution < -0.4 is 5.73 Å². The molecule has 1 atom stereocenters. The molecule has 1 heterocycles. The Morgan fingerprint density at radius 3 is 2.74 bits per heavy atom. The van der Waals surface area contributed by atoms with Crippen molar-refractivity contribution in [2.45, 2.75) is 25.9 Å². The van der Waals surface area contributed by atoms with Crippen LogP contribution in [0, 0.1) is 0 Å². The normalized spacial score (nSPS) is 13.4. The Labute approximate surface area is 137 Å². The molecule has 1 unspecified atom stereocenters. The van der Waals surface area contributed by atoms with Crippen LogP contribution >= 0.6 is 0 Å². The van der Waals surface area contributed by atoms with Crippen LogP contribution in [0.1, 0.15) is 18.9 Å². The summed E-state index contributed by atoms with van der Waals surface area (Å²) in [5, 5.41) is 8.95. The molecule has 0 aromatic carbocycles. The zero-order valence-corrected chi connectivity index (χ0v) is 13.6. The van der Waals surface area contributed by atoms with Crippen molar-refractivity contribution in [3.05, 3.63) is 66.5 Å². The van der Waals surface area contributed by atoms with Gasteiger partial charge in [-0.1, -0.05) is 30.9 Å². The van der Waals surface area contributed by atoms with Crippen LogP contribution in [0.2, 0.25) is 0 Å². The fourth-order valence-corrected chi connectivity index (χ4v) is 2.19. The van der Waals surface area contributed by atoms with Crippen molar-refractivity contribution in [3.8, 4) is 0 Å². The molecule has 5 nitrogen and oxygen atoms in total. The summed E-state index contributed by atoms with van der Waals surface area (Å²) >= 11 is 0. The molecule has 1 aromatic rings. The van der Waals surface area contributed by atoms with Gasteiger partial charge >= 0.3 is 5.97 Å². The summed E-state index contributed by atoms with van der Waals surface area (Å²) in [6.07, 6.45) is 11.6. The minimum Gasteiger partial charge on any atom is -0.480 e. The summed E-state index contributed by atoms with van der Waals surface area (Å²) in [5.41, 5.74) is 7.86. The number of hydrogen-bond acceptors (Lipinski definition) is 4. The lowest BCUT2D eigenvalue weighted by Gasteiger charge is -2.24. The molecular weight excluding hydrogens is 290 g/mol. The third-order valence-corrected chi connectivity index (χ3v) is 3.35. The van der Waals surface area contributed by atoms with E-state index in [1.165, 1.54) is 0 Å². The van der Waals surface area contributed by atoms with Crippen LogP contribution in [0.5, 0.6) is 0 Å². The number of pyridine rings is 1. The monoisotopic (exact) mass is 315 g/mol. The number of nitrogens with zero attached hydrogens (tertiary/aromatic N) is 2. The number of carboxylic acids is 1. The van der Waals surface area contributed by atoms with E-state index in [4.69, 9.17) is 10.8 Å². The van der Waals surface area contributed by atoms with Gasteiger partial charge in [0.25, 0.3) is 0 Å². The van der Waals surface area contributed by atoms with Crippen LogP contribution in [0.25, 0.3) is 0 Å². The maximum atomic E-state index is 10.9. The summed E-state index contributed by atoms with van der Waals surface area (Å²) in [6.45, 7) is 7.71. The summed E-state index contributed by atoms with van der Waals surface area (Å²) < 4.78 is 0. The fraction of sp³-hybridized carbons (Fsp3) is 0.333. The topological polar surface area (TPSA) is 79.5 Å². The molecule has 3 N–H and O–H groups in total. The molecule has 0 amide bonds. The van der Waals surface area contributed by atoms with Gasteiger partial charge in [-0.25, -0.2) is 0 Å². The number of allylic oxidation sites excluding steroid dienone is 3. The highest BCUT2D eigenvalue weighted by molar-refractivity contribution is 5.72. The SMILES string of the molecule is C=C/C=C(\C=C/C)CN(CCC(N)C(=O)O)Cc1ccncc1. The number of hydrogen-bond donors (Lipinski definition) is 2. The first-order valence-electron chi connectivity index (χ1n) is 7.60. The summed E-state index contributed by atoms with van der Waals surface area (Å²) in [4.78, 5) is 17.1. The van der Waals surface area contributed by atoms with Gasteiger partial charge in [0.15, 0.2) is 0 Å². The molecule has 0 radical (unpaired) electrons. The Balaban J connectivity index is 2.80. The minimum atomic E-state index is -0.968. The average molecular weight is 315 g/mol. The van der Waals surface area contributed by atoms with E-state index < -0.39 is 12.0 Å². The molecule has 1 aromatic heterocycles. The van der Waals surface area contributed by atoms with E-state index >= 15 is 0 Å². The number of rotatable bonds is 10. The van der Waals surface area contributed by atoms with E-state index in [1.54, 1.807) is 18.5 Å². The van der Waals surface area contributed by atoms with Crippen LogP contribution in [-0.2, 0) is 11.3 Å². The second kappa shape index (κ2) is 10.5. The van der Waals surface area contributed by atoms with Gasteiger partial charge in [-0.2, -0.15) is 0 Å². The Bertz CT molecular complexity index is 553. The molecule has 1 rings (SSSR count). The number of aromatic nitrogens is 1. The second-order valence-corrected chi connectivity index (χ2v) is 5.28. The first-order chi connectivity index (χ1) is 11.1. The molecular formula is C18H25N3O2.